The minimum absolute atomic E-state index is 0.108. The molecule has 0 bridgehead atoms. The van der Waals surface area contributed by atoms with E-state index in [0.29, 0.717) is 19.6 Å². The predicted octanol–water partition coefficient (Wildman–Crippen LogP) is -0.485. The van der Waals surface area contributed by atoms with Crippen LogP contribution in [0.15, 0.2) is 6.07 Å². The van der Waals surface area contributed by atoms with Gasteiger partial charge in [-0.05, 0) is 13.0 Å². The number of rotatable bonds is 6. The van der Waals surface area contributed by atoms with Crippen molar-refractivity contribution in [3.05, 3.63) is 17.5 Å². The molecule has 1 rings (SSSR count). The second kappa shape index (κ2) is 5.85. The van der Waals surface area contributed by atoms with E-state index >= 15 is 0 Å². The molecule has 86 valence electrons. The van der Waals surface area contributed by atoms with Crippen LogP contribution in [0.5, 0.6) is 0 Å². The molecule has 5 heteroatoms. The monoisotopic (exact) mass is 213 g/mol. The fourth-order valence-electron chi connectivity index (χ4n) is 1.59. The molecule has 1 heterocycles. The molecule has 1 aromatic heterocycles. The molecule has 0 saturated heterocycles. The van der Waals surface area contributed by atoms with Crippen molar-refractivity contribution in [3.63, 3.8) is 0 Å². The van der Waals surface area contributed by atoms with Gasteiger partial charge in [0.15, 0.2) is 0 Å². The molecule has 0 aromatic carbocycles. The average molecular weight is 213 g/mol. The number of hydrogen-bond acceptors (Lipinski definition) is 4. The van der Waals surface area contributed by atoms with Gasteiger partial charge in [0.2, 0.25) is 0 Å². The van der Waals surface area contributed by atoms with Gasteiger partial charge in [-0.15, -0.1) is 0 Å². The van der Waals surface area contributed by atoms with E-state index < -0.39 is 0 Å². The summed E-state index contributed by atoms with van der Waals surface area (Å²) in [5.74, 6) is 0. The Balaban J connectivity index is 2.60. The van der Waals surface area contributed by atoms with Crippen LogP contribution in [-0.4, -0.2) is 51.2 Å². The van der Waals surface area contributed by atoms with Gasteiger partial charge in [0.05, 0.1) is 24.6 Å². The maximum Gasteiger partial charge on any atom is 0.0597 e. The zero-order valence-corrected chi connectivity index (χ0v) is 9.35. The van der Waals surface area contributed by atoms with Gasteiger partial charge in [-0.1, -0.05) is 0 Å². The van der Waals surface area contributed by atoms with E-state index in [1.807, 2.05) is 29.6 Å². The first-order valence-corrected chi connectivity index (χ1v) is 5.11. The smallest absolute Gasteiger partial charge is 0.0597 e. The van der Waals surface area contributed by atoms with E-state index in [1.54, 1.807) is 0 Å². The minimum atomic E-state index is 0.108. The third-order valence-corrected chi connectivity index (χ3v) is 2.32. The zero-order valence-electron chi connectivity index (χ0n) is 9.35. The summed E-state index contributed by atoms with van der Waals surface area (Å²) in [6.07, 6.45) is 0. The van der Waals surface area contributed by atoms with Gasteiger partial charge >= 0.3 is 0 Å². The molecule has 5 nitrogen and oxygen atoms in total. The summed E-state index contributed by atoms with van der Waals surface area (Å²) in [6, 6.07) is 2.02. The molecule has 2 N–H and O–H groups in total. The number of aromatic nitrogens is 2. The van der Waals surface area contributed by atoms with Crippen LogP contribution in [0.25, 0.3) is 0 Å². The number of hydrogen-bond donors (Lipinski definition) is 2. The molecule has 0 amide bonds. The molecule has 0 unspecified atom stereocenters. The van der Waals surface area contributed by atoms with Crippen molar-refractivity contribution in [1.82, 2.24) is 14.7 Å². The van der Waals surface area contributed by atoms with Crippen molar-refractivity contribution >= 4 is 0 Å². The first-order chi connectivity index (χ1) is 7.17. The van der Waals surface area contributed by atoms with Crippen molar-refractivity contribution in [2.24, 2.45) is 7.05 Å². The Morgan fingerprint density at radius 1 is 1.33 bits per heavy atom. The predicted molar refractivity (Wildman–Crippen MR) is 57.4 cm³/mol. The zero-order chi connectivity index (χ0) is 11.3. The van der Waals surface area contributed by atoms with Crippen LogP contribution >= 0.6 is 0 Å². The molecule has 0 spiro atoms. The van der Waals surface area contributed by atoms with Crippen molar-refractivity contribution in [1.29, 1.82) is 0 Å². The maximum atomic E-state index is 8.87. The van der Waals surface area contributed by atoms with Crippen LogP contribution in [0.3, 0.4) is 0 Å². The SMILES string of the molecule is Cc1cc(CN(CCO)CCO)n(C)n1. The molecule has 0 atom stereocenters. The lowest BCUT2D eigenvalue weighted by Gasteiger charge is -2.19. The lowest BCUT2D eigenvalue weighted by molar-refractivity contribution is 0.153. The van der Waals surface area contributed by atoms with Crippen LogP contribution < -0.4 is 0 Å². The van der Waals surface area contributed by atoms with Crippen molar-refractivity contribution in [2.75, 3.05) is 26.3 Å². The summed E-state index contributed by atoms with van der Waals surface area (Å²) in [5, 5.41) is 22.0. The van der Waals surface area contributed by atoms with Crippen LogP contribution in [-0.2, 0) is 13.6 Å². The first-order valence-electron chi connectivity index (χ1n) is 5.11. The van der Waals surface area contributed by atoms with Crippen molar-refractivity contribution < 1.29 is 10.2 Å². The Hall–Kier alpha value is -0.910. The lowest BCUT2D eigenvalue weighted by Crippen LogP contribution is -2.30. The fraction of sp³-hybridized carbons (Fsp3) is 0.700. The van der Waals surface area contributed by atoms with Crippen molar-refractivity contribution in [3.8, 4) is 0 Å². The van der Waals surface area contributed by atoms with E-state index in [2.05, 4.69) is 5.10 Å². The third kappa shape index (κ3) is 3.62. The summed E-state index contributed by atoms with van der Waals surface area (Å²) in [5.41, 5.74) is 2.08. The summed E-state index contributed by atoms with van der Waals surface area (Å²) in [7, 11) is 1.90. The van der Waals surface area contributed by atoms with Gasteiger partial charge in [0.25, 0.3) is 0 Å². The number of nitrogens with zero attached hydrogens (tertiary/aromatic N) is 3. The molecule has 0 fully saturated rings. The van der Waals surface area contributed by atoms with Gasteiger partial charge in [-0.25, -0.2) is 0 Å². The van der Waals surface area contributed by atoms with Crippen molar-refractivity contribution in [2.45, 2.75) is 13.5 Å². The Labute approximate surface area is 89.9 Å². The minimum Gasteiger partial charge on any atom is -0.395 e. The van der Waals surface area contributed by atoms with Crippen LogP contribution in [0.1, 0.15) is 11.4 Å². The summed E-state index contributed by atoms with van der Waals surface area (Å²) >= 11 is 0. The van der Waals surface area contributed by atoms with Crippen LogP contribution in [0.2, 0.25) is 0 Å². The summed E-state index contributed by atoms with van der Waals surface area (Å²) in [4.78, 5) is 2.00. The van der Waals surface area contributed by atoms with E-state index in [1.165, 1.54) is 0 Å². The van der Waals surface area contributed by atoms with E-state index in [4.69, 9.17) is 10.2 Å². The summed E-state index contributed by atoms with van der Waals surface area (Å²) in [6.45, 7) is 4.02. The first kappa shape index (κ1) is 12.2. The quantitative estimate of drug-likeness (QED) is 0.670. The highest BCUT2D eigenvalue weighted by atomic mass is 16.3. The Morgan fingerprint density at radius 2 is 1.93 bits per heavy atom. The average Bonchev–Trinajstić information content (AvgIpc) is 2.46. The molecular formula is C10H19N3O2. The second-order valence-corrected chi connectivity index (χ2v) is 3.62. The Bertz CT molecular complexity index is 293. The Kier molecular flexibility index (Phi) is 4.74. The molecular weight excluding hydrogens is 194 g/mol. The van der Waals surface area contributed by atoms with Gasteiger partial charge < -0.3 is 10.2 Å². The topological polar surface area (TPSA) is 61.5 Å². The highest BCUT2D eigenvalue weighted by Gasteiger charge is 2.08. The standard InChI is InChI=1S/C10H19N3O2/c1-9-7-10(12(2)11-9)8-13(3-5-14)4-6-15/h7,14-15H,3-6,8H2,1-2H3. The van der Waals surface area contributed by atoms with E-state index in [-0.39, 0.29) is 13.2 Å². The maximum absolute atomic E-state index is 8.87. The number of aryl methyl sites for hydroxylation is 2. The van der Waals surface area contributed by atoms with Crippen LogP contribution in [0, 0.1) is 6.92 Å². The van der Waals surface area contributed by atoms with Gasteiger partial charge in [-0.2, -0.15) is 5.10 Å². The number of aliphatic hydroxyl groups excluding tert-OH is 2. The van der Waals surface area contributed by atoms with E-state index in [9.17, 15) is 0 Å². The molecule has 0 aliphatic heterocycles. The van der Waals surface area contributed by atoms with Gasteiger partial charge in [0.1, 0.15) is 0 Å². The highest BCUT2D eigenvalue weighted by molar-refractivity contribution is 5.08. The molecule has 0 saturated carbocycles. The second-order valence-electron chi connectivity index (χ2n) is 3.62. The third-order valence-electron chi connectivity index (χ3n) is 2.32. The van der Waals surface area contributed by atoms with Gasteiger partial charge in [0, 0.05) is 26.7 Å². The van der Waals surface area contributed by atoms with Gasteiger partial charge in [-0.3, -0.25) is 9.58 Å². The summed E-state index contributed by atoms with van der Waals surface area (Å²) < 4.78 is 1.83. The molecule has 15 heavy (non-hydrogen) atoms. The number of aliphatic hydroxyl groups is 2. The molecule has 0 radical (unpaired) electrons. The molecule has 0 aliphatic rings. The molecule has 1 aromatic rings. The molecule has 0 aliphatic carbocycles. The largest absolute Gasteiger partial charge is 0.395 e. The normalized spacial score (nSPS) is 11.3. The van der Waals surface area contributed by atoms with Crippen LogP contribution in [0.4, 0.5) is 0 Å². The lowest BCUT2D eigenvalue weighted by atomic mass is 10.3. The Morgan fingerprint density at radius 3 is 2.33 bits per heavy atom. The fourth-order valence-corrected chi connectivity index (χ4v) is 1.59. The van der Waals surface area contributed by atoms with E-state index in [0.717, 1.165) is 11.4 Å². The highest BCUT2D eigenvalue weighted by Crippen LogP contribution is 2.05.